The standard InChI is InChI=1S/C19H18N4O2/c1-2-25-17-9-8-15(18(24)10-17)13-22-23-19-20-11-16(12-21-19)14-6-4-3-5-7-14/h3-13,24H,2H2,1H3,(H,20,21,23)/b22-13+. The Balaban J connectivity index is 1.64. The third-order valence-corrected chi connectivity index (χ3v) is 3.44. The van der Waals surface area contributed by atoms with Crippen LogP contribution in [-0.2, 0) is 0 Å². The molecular formula is C19H18N4O2. The van der Waals surface area contributed by atoms with Crippen molar-refractivity contribution in [3.8, 4) is 22.6 Å². The van der Waals surface area contributed by atoms with Gasteiger partial charge in [-0.2, -0.15) is 5.10 Å². The molecule has 0 aliphatic rings. The van der Waals surface area contributed by atoms with Gasteiger partial charge in [-0.15, -0.1) is 0 Å². The van der Waals surface area contributed by atoms with E-state index in [4.69, 9.17) is 4.74 Å². The molecular weight excluding hydrogens is 316 g/mol. The highest BCUT2D eigenvalue weighted by molar-refractivity contribution is 5.84. The first-order valence-corrected chi connectivity index (χ1v) is 7.88. The number of nitrogens with zero attached hydrogens (tertiary/aromatic N) is 3. The number of hydrazone groups is 1. The van der Waals surface area contributed by atoms with Gasteiger partial charge in [-0.1, -0.05) is 30.3 Å². The fraction of sp³-hybridized carbons (Fsp3) is 0.105. The van der Waals surface area contributed by atoms with Gasteiger partial charge in [0.15, 0.2) is 0 Å². The van der Waals surface area contributed by atoms with E-state index in [2.05, 4.69) is 20.5 Å². The highest BCUT2D eigenvalue weighted by Crippen LogP contribution is 2.22. The van der Waals surface area contributed by atoms with E-state index in [1.165, 1.54) is 6.21 Å². The molecule has 6 nitrogen and oxygen atoms in total. The number of nitrogens with one attached hydrogen (secondary N) is 1. The second-order valence-corrected chi connectivity index (χ2v) is 5.19. The average Bonchev–Trinajstić information content (AvgIpc) is 2.65. The van der Waals surface area contributed by atoms with Crippen LogP contribution < -0.4 is 10.2 Å². The van der Waals surface area contributed by atoms with Crippen LogP contribution >= 0.6 is 0 Å². The van der Waals surface area contributed by atoms with Gasteiger partial charge in [-0.05, 0) is 24.6 Å². The Morgan fingerprint density at radius 2 is 1.84 bits per heavy atom. The van der Waals surface area contributed by atoms with Crippen LogP contribution in [0.1, 0.15) is 12.5 Å². The van der Waals surface area contributed by atoms with Gasteiger partial charge in [-0.3, -0.25) is 0 Å². The smallest absolute Gasteiger partial charge is 0.243 e. The maximum absolute atomic E-state index is 9.95. The molecule has 2 N–H and O–H groups in total. The van der Waals surface area contributed by atoms with Crippen LogP contribution in [0.25, 0.3) is 11.1 Å². The molecule has 6 heteroatoms. The predicted molar refractivity (Wildman–Crippen MR) is 98.0 cm³/mol. The molecule has 1 aromatic heterocycles. The first-order valence-electron chi connectivity index (χ1n) is 7.88. The van der Waals surface area contributed by atoms with Crippen LogP contribution in [0.2, 0.25) is 0 Å². The van der Waals surface area contributed by atoms with Crippen molar-refractivity contribution in [3.63, 3.8) is 0 Å². The summed E-state index contributed by atoms with van der Waals surface area (Å²) in [7, 11) is 0. The summed E-state index contributed by atoms with van der Waals surface area (Å²) in [5, 5.41) is 14.0. The lowest BCUT2D eigenvalue weighted by atomic mass is 10.1. The third-order valence-electron chi connectivity index (χ3n) is 3.44. The molecule has 0 radical (unpaired) electrons. The molecule has 0 spiro atoms. The van der Waals surface area contributed by atoms with Gasteiger partial charge >= 0.3 is 0 Å². The summed E-state index contributed by atoms with van der Waals surface area (Å²) >= 11 is 0. The van der Waals surface area contributed by atoms with Crippen molar-refractivity contribution in [2.45, 2.75) is 6.92 Å². The number of ether oxygens (including phenoxy) is 1. The molecule has 0 saturated carbocycles. The number of hydrogen-bond donors (Lipinski definition) is 2. The molecule has 0 unspecified atom stereocenters. The van der Waals surface area contributed by atoms with Crippen molar-refractivity contribution >= 4 is 12.2 Å². The highest BCUT2D eigenvalue weighted by atomic mass is 16.5. The topological polar surface area (TPSA) is 79.6 Å². The number of anilines is 1. The zero-order valence-electron chi connectivity index (χ0n) is 13.8. The van der Waals surface area contributed by atoms with Crippen molar-refractivity contribution in [1.29, 1.82) is 0 Å². The van der Waals surface area contributed by atoms with Gasteiger partial charge in [-0.25, -0.2) is 15.4 Å². The van der Waals surface area contributed by atoms with Crippen LogP contribution in [-0.4, -0.2) is 27.9 Å². The molecule has 0 atom stereocenters. The van der Waals surface area contributed by atoms with E-state index in [1.54, 1.807) is 30.6 Å². The molecule has 0 amide bonds. The summed E-state index contributed by atoms with van der Waals surface area (Å²) in [6.07, 6.45) is 4.96. The molecule has 25 heavy (non-hydrogen) atoms. The van der Waals surface area contributed by atoms with Gasteiger partial charge in [0, 0.05) is 29.6 Å². The van der Waals surface area contributed by atoms with E-state index in [0.717, 1.165) is 11.1 Å². The van der Waals surface area contributed by atoms with Crippen LogP contribution in [0.3, 0.4) is 0 Å². The molecule has 2 aromatic carbocycles. The summed E-state index contributed by atoms with van der Waals surface area (Å²) in [4.78, 5) is 8.46. The molecule has 126 valence electrons. The van der Waals surface area contributed by atoms with E-state index in [-0.39, 0.29) is 5.75 Å². The Kier molecular flexibility index (Phi) is 5.21. The summed E-state index contributed by atoms with van der Waals surface area (Å²) < 4.78 is 5.32. The lowest BCUT2D eigenvalue weighted by Gasteiger charge is -2.05. The van der Waals surface area contributed by atoms with Gasteiger partial charge in [0.1, 0.15) is 11.5 Å². The van der Waals surface area contributed by atoms with Gasteiger partial charge in [0.2, 0.25) is 5.95 Å². The minimum atomic E-state index is 0.0943. The maximum Gasteiger partial charge on any atom is 0.243 e. The van der Waals surface area contributed by atoms with Gasteiger partial charge in [0.25, 0.3) is 0 Å². The second kappa shape index (κ2) is 7.92. The molecule has 3 rings (SSSR count). The number of benzene rings is 2. The summed E-state index contributed by atoms with van der Waals surface area (Å²) in [6, 6.07) is 14.9. The number of rotatable bonds is 6. The molecule has 0 aliphatic heterocycles. The molecule has 1 heterocycles. The van der Waals surface area contributed by atoms with Crippen molar-refractivity contribution in [2.75, 3.05) is 12.0 Å². The molecule has 0 fully saturated rings. The summed E-state index contributed by atoms with van der Waals surface area (Å²) in [5.41, 5.74) is 5.29. The first kappa shape index (κ1) is 16.4. The fourth-order valence-corrected chi connectivity index (χ4v) is 2.21. The molecule has 3 aromatic rings. The van der Waals surface area contributed by atoms with Crippen molar-refractivity contribution in [3.05, 3.63) is 66.5 Å². The number of aromatic nitrogens is 2. The van der Waals surface area contributed by atoms with Crippen LogP contribution in [0, 0.1) is 0 Å². The third kappa shape index (κ3) is 4.32. The minimum Gasteiger partial charge on any atom is -0.507 e. The minimum absolute atomic E-state index is 0.0943. The van der Waals surface area contributed by atoms with Gasteiger partial charge in [0.05, 0.1) is 12.8 Å². The Hall–Kier alpha value is -3.41. The van der Waals surface area contributed by atoms with Crippen molar-refractivity contribution in [2.24, 2.45) is 5.10 Å². The molecule has 0 bridgehead atoms. The maximum atomic E-state index is 9.95. The SMILES string of the molecule is CCOc1ccc(/C=N/Nc2ncc(-c3ccccc3)cn2)c(O)c1. The van der Waals surface area contributed by atoms with Crippen molar-refractivity contribution < 1.29 is 9.84 Å². The lowest BCUT2D eigenvalue weighted by Crippen LogP contribution is -1.97. The van der Waals surface area contributed by atoms with Gasteiger partial charge < -0.3 is 9.84 Å². The Morgan fingerprint density at radius 1 is 1.08 bits per heavy atom. The highest BCUT2D eigenvalue weighted by Gasteiger charge is 2.02. The Bertz CT molecular complexity index is 849. The van der Waals surface area contributed by atoms with E-state index in [9.17, 15) is 5.11 Å². The molecule has 0 saturated heterocycles. The zero-order chi connectivity index (χ0) is 17.5. The summed E-state index contributed by atoms with van der Waals surface area (Å²) in [5.74, 6) is 1.09. The number of aromatic hydroxyl groups is 1. The lowest BCUT2D eigenvalue weighted by molar-refractivity contribution is 0.337. The summed E-state index contributed by atoms with van der Waals surface area (Å²) in [6.45, 7) is 2.43. The largest absolute Gasteiger partial charge is 0.507 e. The van der Waals surface area contributed by atoms with E-state index in [0.29, 0.717) is 23.9 Å². The number of phenols is 1. The normalized spacial score (nSPS) is 10.8. The van der Waals surface area contributed by atoms with Crippen LogP contribution in [0.5, 0.6) is 11.5 Å². The zero-order valence-corrected chi connectivity index (χ0v) is 13.8. The Morgan fingerprint density at radius 3 is 2.52 bits per heavy atom. The Labute approximate surface area is 145 Å². The fourth-order valence-electron chi connectivity index (χ4n) is 2.21. The van der Waals surface area contributed by atoms with Crippen molar-refractivity contribution in [1.82, 2.24) is 9.97 Å². The van der Waals surface area contributed by atoms with E-state index < -0.39 is 0 Å². The quantitative estimate of drug-likeness (QED) is 0.531. The van der Waals surface area contributed by atoms with E-state index in [1.807, 2.05) is 37.3 Å². The van der Waals surface area contributed by atoms with E-state index >= 15 is 0 Å². The second-order valence-electron chi connectivity index (χ2n) is 5.19. The first-order chi connectivity index (χ1) is 12.3. The molecule has 0 aliphatic carbocycles. The number of hydrogen-bond acceptors (Lipinski definition) is 6. The predicted octanol–water partition coefficient (Wildman–Crippen LogP) is 3.69. The average molecular weight is 334 g/mol. The number of phenolic OH excluding ortho intramolecular Hbond substituents is 1. The monoisotopic (exact) mass is 334 g/mol. The van der Waals surface area contributed by atoms with Crippen LogP contribution in [0.15, 0.2) is 66.0 Å². The van der Waals surface area contributed by atoms with Crippen LogP contribution in [0.4, 0.5) is 5.95 Å².